The molecule has 0 atom stereocenters. The van der Waals surface area contributed by atoms with Gasteiger partial charge in [-0.05, 0) is 51.0 Å². The summed E-state index contributed by atoms with van der Waals surface area (Å²) in [5, 5.41) is 2.74. The number of nitrogens with zero attached hydrogens (tertiary/aromatic N) is 3. The molecule has 156 valence electrons. The Morgan fingerprint density at radius 2 is 1.76 bits per heavy atom. The minimum Gasteiger partial charge on any atom is -0.350 e. The quantitative estimate of drug-likeness (QED) is 0.765. The van der Waals surface area contributed by atoms with Crippen molar-refractivity contribution >= 4 is 15.9 Å². The maximum atomic E-state index is 12.7. The summed E-state index contributed by atoms with van der Waals surface area (Å²) in [6, 6.07) is 5.96. The number of carbonyl (C=O) groups is 1. The van der Waals surface area contributed by atoms with Gasteiger partial charge in [-0.3, -0.25) is 14.2 Å². The first-order chi connectivity index (χ1) is 13.8. The van der Waals surface area contributed by atoms with Gasteiger partial charge in [0.05, 0.1) is 11.2 Å². The van der Waals surface area contributed by atoms with Crippen LogP contribution >= 0.6 is 0 Å². The smallest absolute Gasteiger partial charge is 0.256 e. The van der Waals surface area contributed by atoms with Crippen molar-refractivity contribution in [2.24, 2.45) is 0 Å². The zero-order valence-corrected chi connectivity index (χ0v) is 17.5. The topological polar surface area (TPSA) is 101 Å². The average molecular weight is 419 g/mol. The lowest BCUT2D eigenvalue weighted by Crippen LogP contribution is -2.35. The normalized spacial score (nSPS) is 15.2. The predicted molar refractivity (Wildman–Crippen MR) is 109 cm³/mol. The molecule has 1 fully saturated rings. The number of benzene rings is 1. The number of carbonyl (C=O) groups excluding carboxylic acids is 1. The Kier molecular flexibility index (Phi) is 6.49. The summed E-state index contributed by atoms with van der Waals surface area (Å²) in [6.07, 6.45) is 4.27. The van der Waals surface area contributed by atoms with Crippen molar-refractivity contribution in [2.75, 3.05) is 19.6 Å². The molecule has 9 heteroatoms. The molecule has 0 radical (unpaired) electrons. The van der Waals surface area contributed by atoms with E-state index >= 15 is 0 Å². The molecule has 1 aliphatic heterocycles. The Balaban J connectivity index is 1.60. The van der Waals surface area contributed by atoms with Gasteiger partial charge >= 0.3 is 0 Å². The highest BCUT2D eigenvalue weighted by Crippen LogP contribution is 2.20. The van der Waals surface area contributed by atoms with Gasteiger partial charge in [0.25, 0.3) is 11.5 Å². The van der Waals surface area contributed by atoms with Crippen LogP contribution in [0.2, 0.25) is 0 Å². The minimum atomic E-state index is -3.51. The molecule has 1 amide bonds. The number of aryl methyl sites for hydroxylation is 1. The molecule has 1 aliphatic rings. The fourth-order valence-corrected chi connectivity index (χ4v) is 4.78. The van der Waals surface area contributed by atoms with Gasteiger partial charge in [0.1, 0.15) is 0 Å². The second-order valence-electron chi connectivity index (χ2n) is 7.20. The second-order valence-corrected chi connectivity index (χ2v) is 9.14. The van der Waals surface area contributed by atoms with E-state index in [1.165, 1.54) is 39.5 Å². The standard InChI is InChI=1S/C20H26N4O4S/c1-15-16(2)22-14-23(20(15)26)13-10-21-19(25)17-6-8-18(9-7-17)29(27,28)24-11-4-3-5-12-24/h6-9,14H,3-5,10-13H2,1-2H3,(H,21,25). The van der Waals surface area contributed by atoms with Crippen LogP contribution in [0.3, 0.4) is 0 Å². The summed E-state index contributed by atoms with van der Waals surface area (Å²) in [5.41, 5.74) is 1.52. The Bertz CT molecular complexity index is 1040. The molecule has 2 heterocycles. The SMILES string of the molecule is Cc1ncn(CCNC(=O)c2ccc(S(=O)(=O)N3CCCCC3)cc2)c(=O)c1C. The Morgan fingerprint density at radius 3 is 2.41 bits per heavy atom. The van der Waals surface area contributed by atoms with E-state index in [1.807, 2.05) is 0 Å². The van der Waals surface area contributed by atoms with Crippen LogP contribution in [-0.2, 0) is 16.6 Å². The van der Waals surface area contributed by atoms with Crippen LogP contribution in [-0.4, -0.2) is 47.8 Å². The molecule has 1 aromatic carbocycles. The fourth-order valence-electron chi connectivity index (χ4n) is 3.26. The van der Waals surface area contributed by atoms with Gasteiger partial charge in [0, 0.05) is 43.0 Å². The Morgan fingerprint density at radius 1 is 1.10 bits per heavy atom. The predicted octanol–water partition coefficient (Wildman–Crippen LogP) is 1.46. The summed E-state index contributed by atoms with van der Waals surface area (Å²) >= 11 is 0. The van der Waals surface area contributed by atoms with E-state index in [9.17, 15) is 18.0 Å². The molecule has 1 saturated heterocycles. The molecule has 2 aromatic rings. The number of rotatable bonds is 6. The van der Waals surface area contributed by atoms with Crippen molar-refractivity contribution in [2.45, 2.75) is 44.6 Å². The van der Waals surface area contributed by atoms with Crippen LogP contribution in [0.1, 0.15) is 40.9 Å². The molecular formula is C20H26N4O4S. The van der Waals surface area contributed by atoms with E-state index in [0.29, 0.717) is 36.5 Å². The van der Waals surface area contributed by atoms with Gasteiger partial charge in [-0.25, -0.2) is 13.4 Å². The molecule has 0 saturated carbocycles. The van der Waals surface area contributed by atoms with E-state index in [4.69, 9.17) is 0 Å². The van der Waals surface area contributed by atoms with Gasteiger partial charge in [-0.15, -0.1) is 0 Å². The highest BCUT2D eigenvalue weighted by molar-refractivity contribution is 7.89. The van der Waals surface area contributed by atoms with Gasteiger partial charge in [0.2, 0.25) is 10.0 Å². The van der Waals surface area contributed by atoms with Crippen LogP contribution in [0.25, 0.3) is 0 Å². The summed E-state index contributed by atoms with van der Waals surface area (Å²) in [4.78, 5) is 28.8. The number of hydrogen-bond donors (Lipinski definition) is 1. The zero-order chi connectivity index (χ0) is 21.0. The van der Waals surface area contributed by atoms with E-state index < -0.39 is 10.0 Å². The Labute approximate surface area is 170 Å². The second kappa shape index (κ2) is 8.87. The number of amides is 1. The van der Waals surface area contributed by atoms with Crippen molar-refractivity contribution < 1.29 is 13.2 Å². The van der Waals surface area contributed by atoms with Gasteiger partial charge in [0.15, 0.2) is 0 Å². The third-order valence-electron chi connectivity index (χ3n) is 5.22. The van der Waals surface area contributed by atoms with Crippen molar-refractivity contribution in [3.8, 4) is 0 Å². The monoisotopic (exact) mass is 418 g/mol. The molecule has 3 rings (SSSR count). The van der Waals surface area contributed by atoms with Crippen molar-refractivity contribution in [3.63, 3.8) is 0 Å². The summed E-state index contributed by atoms with van der Waals surface area (Å²) in [6.45, 7) is 5.14. The third-order valence-corrected chi connectivity index (χ3v) is 7.14. The first-order valence-corrected chi connectivity index (χ1v) is 11.2. The van der Waals surface area contributed by atoms with E-state index in [1.54, 1.807) is 13.8 Å². The minimum absolute atomic E-state index is 0.126. The molecule has 0 spiro atoms. The summed E-state index contributed by atoms with van der Waals surface area (Å²) in [7, 11) is -3.51. The number of piperidine rings is 1. The molecule has 1 aromatic heterocycles. The first kappa shape index (κ1) is 21.2. The summed E-state index contributed by atoms with van der Waals surface area (Å²) in [5.74, 6) is -0.322. The number of sulfonamides is 1. The van der Waals surface area contributed by atoms with E-state index in [-0.39, 0.29) is 22.9 Å². The maximum Gasteiger partial charge on any atom is 0.256 e. The van der Waals surface area contributed by atoms with Crippen LogP contribution < -0.4 is 10.9 Å². The number of hydrogen-bond acceptors (Lipinski definition) is 5. The molecule has 0 aliphatic carbocycles. The lowest BCUT2D eigenvalue weighted by Gasteiger charge is -2.25. The Hall–Kier alpha value is -2.52. The van der Waals surface area contributed by atoms with Crippen LogP contribution in [0.4, 0.5) is 0 Å². The van der Waals surface area contributed by atoms with Crippen LogP contribution in [0.5, 0.6) is 0 Å². The molecule has 0 unspecified atom stereocenters. The van der Waals surface area contributed by atoms with E-state index in [2.05, 4.69) is 10.3 Å². The number of nitrogens with one attached hydrogen (secondary N) is 1. The highest BCUT2D eigenvalue weighted by atomic mass is 32.2. The maximum absolute atomic E-state index is 12.7. The lowest BCUT2D eigenvalue weighted by molar-refractivity contribution is 0.0952. The van der Waals surface area contributed by atoms with Crippen molar-refractivity contribution in [1.29, 1.82) is 0 Å². The molecule has 29 heavy (non-hydrogen) atoms. The fraction of sp³-hybridized carbons (Fsp3) is 0.450. The van der Waals surface area contributed by atoms with Crippen LogP contribution in [0.15, 0.2) is 40.3 Å². The van der Waals surface area contributed by atoms with Gasteiger partial charge < -0.3 is 5.32 Å². The van der Waals surface area contributed by atoms with Crippen molar-refractivity contribution in [1.82, 2.24) is 19.2 Å². The largest absolute Gasteiger partial charge is 0.350 e. The highest BCUT2D eigenvalue weighted by Gasteiger charge is 2.25. The van der Waals surface area contributed by atoms with Crippen molar-refractivity contribution in [3.05, 3.63) is 57.8 Å². The van der Waals surface area contributed by atoms with Gasteiger partial charge in [-0.2, -0.15) is 4.31 Å². The van der Waals surface area contributed by atoms with Crippen LogP contribution in [0, 0.1) is 13.8 Å². The first-order valence-electron chi connectivity index (χ1n) is 9.72. The molecule has 8 nitrogen and oxygen atoms in total. The average Bonchev–Trinajstić information content (AvgIpc) is 2.74. The van der Waals surface area contributed by atoms with Gasteiger partial charge in [-0.1, -0.05) is 6.42 Å². The lowest BCUT2D eigenvalue weighted by atomic mass is 10.2. The zero-order valence-electron chi connectivity index (χ0n) is 16.7. The third kappa shape index (κ3) is 4.73. The van der Waals surface area contributed by atoms with E-state index in [0.717, 1.165) is 19.3 Å². The molecular weight excluding hydrogens is 392 g/mol. The molecule has 0 bridgehead atoms. The summed E-state index contributed by atoms with van der Waals surface area (Å²) < 4.78 is 28.3. The number of aromatic nitrogens is 2. The molecule has 1 N–H and O–H groups in total.